The van der Waals surface area contributed by atoms with E-state index in [1.807, 2.05) is 23.6 Å². The summed E-state index contributed by atoms with van der Waals surface area (Å²) >= 11 is 0. The van der Waals surface area contributed by atoms with Crippen LogP contribution >= 0.6 is 0 Å². The Labute approximate surface area is 208 Å². The quantitative estimate of drug-likeness (QED) is 0.359. The van der Waals surface area contributed by atoms with E-state index in [0.29, 0.717) is 24.1 Å². The number of nitrogens with zero attached hydrogens (tertiary/aromatic N) is 3. The van der Waals surface area contributed by atoms with Gasteiger partial charge in [0, 0.05) is 32.9 Å². The number of unbranched alkanes of at least 4 members (excludes halogenated alkanes) is 1. The molecule has 3 heterocycles. The Bertz CT molecular complexity index is 1100. The van der Waals surface area contributed by atoms with Crippen molar-refractivity contribution in [3.05, 3.63) is 29.2 Å². The van der Waals surface area contributed by atoms with Crippen LogP contribution < -0.4 is 14.4 Å². The standard InChI is InChI=1S/C27H39N3O5/c1-7-9-12-29(20-10-13-34-14-11-20)26-21(8-2)28-30-25(18(3)35-27(26)30)24-22(32-5)15-19(17-31-4)16-23(24)33-6/h15-16,20H,7-14,17H2,1-6H3. The van der Waals surface area contributed by atoms with Gasteiger partial charge in [0.1, 0.15) is 28.6 Å². The molecule has 192 valence electrons. The van der Waals surface area contributed by atoms with Crippen molar-refractivity contribution in [2.45, 2.75) is 65.5 Å². The van der Waals surface area contributed by atoms with Crippen molar-refractivity contribution in [1.82, 2.24) is 9.61 Å². The lowest BCUT2D eigenvalue weighted by Gasteiger charge is -2.35. The predicted molar refractivity (Wildman–Crippen MR) is 137 cm³/mol. The van der Waals surface area contributed by atoms with E-state index in [-0.39, 0.29) is 0 Å². The van der Waals surface area contributed by atoms with E-state index >= 15 is 0 Å². The normalized spacial score (nSPS) is 14.6. The van der Waals surface area contributed by atoms with E-state index in [0.717, 1.165) is 91.5 Å². The number of benzene rings is 1. The molecule has 0 amide bonds. The lowest BCUT2D eigenvalue weighted by Crippen LogP contribution is -2.40. The molecule has 0 unspecified atom stereocenters. The molecule has 1 aromatic carbocycles. The van der Waals surface area contributed by atoms with Crippen molar-refractivity contribution in [3.63, 3.8) is 0 Å². The molecule has 0 saturated carbocycles. The summed E-state index contributed by atoms with van der Waals surface area (Å²) in [5.74, 6) is 2.17. The minimum atomic E-state index is 0.417. The Balaban J connectivity index is 1.91. The number of hydrogen-bond acceptors (Lipinski definition) is 7. The van der Waals surface area contributed by atoms with Crippen LogP contribution in [0.5, 0.6) is 11.5 Å². The lowest BCUT2D eigenvalue weighted by molar-refractivity contribution is 0.0843. The summed E-state index contributed by atoms with van der Waals surface area (Å²) in [5, 5.41) is 5.08. The monoisotopic (exact) mass is 485 g/mol. The van der Waals surface area contributed by atoms with Gasteiger partial charge in [-0.2, -0.15) is 9.61 Å². The fourth-order valence-electron chi connectivity index (χ4n) is 5.08. The average molecular weight is 486 g/mol. The second kappa shape index (κ2) is 11.4. The second-order valence-electron chi connectivity index (χ2n) is 9.07. The summed E-state index contributed by atoms with van der Waals surface area (Å²) in [6.45, 7) is 9.40. The van der Waals surface area contributed by atoms with Crippen molar-refractivity contribution >= 4 is 11.4 Å². The molecule has 1 aliphatic rings. The van der Waals surface area contributed by atoms with Crippen molar-refractivity contribution in [2.24, 2.45) is 0 Å². The van der Waals surface area contributed by atoms with E-state index in [4.69, 9.17) is 28.5 Å². The first-order valence-corrected chi connectivity index (χ1v) is 12.7. The SMILES string of the molecule is CCCCN(c1c(CC)nn2c(-c3c(OC)cc(COC)cc3OC)c(C)oc12)C1CCOCC1. The Morgan fingerprint density at radius 1 is 1.09 bits per heavy atom. The summed E-state index contributed by atoms with van der Waals surface area (Å²) in [4.78, 5) is 2.52. The molecule has 0 spiro atoms. The molecule has 8 heteroatoms. The Morgan fingerprint density at radius 2 is 1.77 bits per heavy atom. The van der Waals surface area contributed by atoms with Gasteiger partial charge >= 0.3 is 0 Å². The molecule has 1 aliphatic heterocycles. The summed E-state index contributed by atoms with van der Waals surface area (Å²) in [6, 6.07) is 4.39. The van der Waals surface area contributed by atoms with Crippen molar-refractivity contribution in [1.29, 1.82) is 0 Å². The van der Waals surface area contributed by atoms with Gasteiger partial charge in [-0.25, -0.2) is 0 Å². The van der Waals surface area contributed by atoms with Crippen molar-refractivity contribution in [2.75, 3.05) is 46.0 Å². The maximum atomic E-state index is 6.49. The summed E-state index contributed by atoms with van der Waals surface area (Å²) in [5.41, 5.74) is 5.58. The van der Waals surface area contributed by atoms with Crippen LogP contribution in [-0.4, -0.2) is 56.7 Å². The van der Waals surface area contributed by atoms with Crippen LogP contribution in [0.25, 0.3) is 17.0 Å². The fraction of sp³-hybridized carbons (Fsp3) is 0.593. The predicted octanol–water partition coefficient (Wildman–Crippen LogP) is 5.41. The van der Waals surface area contributed by atoms with E-state index in [1.165, 1.54) is 0 Å². The third-order valence-electron chi connectivity index (χ3n) is 6.80. The second-order valence-corrected chi connectivity index (χ2v) is 9.07. The summed E-state index contributed by atoms with van der Waals surface area (Å²) < 4.78 is 31.1. The molecule has 2 aromatic heterocycles. The van der Waals surface area contributed by atoms with Gasteiger partial charge in [0.25, 0.3) is 0 Å². The van der Waals surface area contributed by atoms with Crippen LogP contribution in [0.1, 0.15) is 56.5 Å². The number of anilines is 1. The first-order chi connectivity index (χ1) is 17.1. The number of fused-ring (bicyclic) bond motifs is 1. The molecule has 0 aliphatic carbocycles. The van der Waals surface area contributed by atoms with Crippen LogP contribution in [0.3, 0.4) is 0 Å². The van der Waals surface area contributed by atoms with Crippen LogP contribution in [-0.2, 0) is 22.5 Å². The van der Waals surface area contributed by atoms with Gasteiger partial charge in [0.2, 0.25) is 5.71 Å². The van der Waals surface area contributed by atoms with Gasteiger partial charge in [0.05, 0.1) is 32.1 Å². The third-order valence-corrected chi connectivity index (χ3v) is 6.80. The minimum absolute atomic E-state index is 0.417. The lowest BCUT2D eigenvalue weighted by atomic mass is 10.0. The largest absolute Gasteiger partial charge is 0.496 e. The Hall–Kier alpha value is -2.71. The molecule has 1 fully saturated rings. The molecule has 3 aromatic rings. The number of hydrogen-bond donors (Lipinski definition) is 0. The highest BCUT2D eigenvalue weighted by Gasteiger charge is 2.31. The average Bonchev–Trinajstić information content (AvgIpc) is 3.38. The van der Waals surface area contributed by atoms with Crippen molar-refractivity contribution < 1.29 is 23.4 Å². The zero-order chi connectivity index (χ0) is 24.9. The number of rotatable bonds is 11. The third kappa shape index (κ3) is 4.86. The van der Waals surface area contributed by atoms with Crippen LogP contribution in [0, 0.1) is 6.92 Å². The van der Waals surface area contributed by atoms with E-state index in [1.54, 1.807) is 21.3 Å². The first kappa shape index (κ1) is 25.4. The Morgan fingerprint density at radius 3 is 2.34 bits per heavy atom. The molecule has 0 N–H and O–H groups in total. The smallest absolute Gasteiger partial charge is 0.246 e. The number of aryl methyl sites for hydroxylation is 2. The molecule has 4 rings (SSSR count). The van der Waals surface area contributed by atoms with Gasteiger partial charge in [-0.3, -0.25) is 0 Å². The fourth-order valence-corrected chi connectivity index (χ4v) is 5.08. The molecule has 1 saturated heterocycles. The van der Waals surface area contributed by atoms with Gasteiger partial charge in [0.15, 0.2) is 0 Å². The molecular weight excluding hydrogens is 446 g/mol. The number of aromatic nitrogens is 2. The van der Waals surface area contributed by atoms with Gasteiger partial charge < -0.3 is 28.3 Å². The highest BCUT2D eigenvalue weighted by atomic mass is 16.5. The molecule has 0 bridgehead atoms. The highest BCUT2D eigenvalue weighted by Crippen LogP contribution is 2.44. The topological polar surface area (TPSA) is 70.6 Å². The van der Waals surface area contributed by atoms with Gasteiger partial charge in [-0.15, -0.1) is 0 Å². The number of ether oxygens (including phenoxy) is 4. The summed E-state index contributed by atoms with van der Waals surface area (Å²) in [7, 11) is 5.02. The molecule has 35 heavy (non-hydrogen) atoms. The van der Waals surface area contributed by atoms with Gasteiger partial charge in [-0.05, 0) is 50.3 Å². The highest BCUT2D eigenvalue weighted by molar-refractivity contribution is 5.81. The number of oxazole rings is 1. The van der Waals surface area contributed by atoms with Crippen molar-refractivity contribution in [3.8, 4) is 22.8 Å². The van der Waals surface area contributed by atoms with Gasteiger partial charge in [-0.1, -0.05) is 20.3 Å². The summed E-state index contributed by atoms with van der Waals surface area (Å²) in [6.07, 6.45) is 5.10. The zero-order valence-corrected chi connectivity index (χ0v) is 22.0. The first-order valence-electron chi connectivity index (χ1n) is 12.7. The van der Waals surface area contributed by atoms with E-state index in [2.05, 4.69) is 18.7 Å². The van der Waals surface area contributed by atoms with E-state index in [9.17, 15) is 0 Å². The maximum absolute atomic E-state index is 6.49. The van der Waals surface area contributed by atoms with Crippen LogP contribution in [0.2, 0.25) is 0 Å². The van der Waals surface area contributed by atoms with Crippen LogP contribution in [0.4, 0.5) is 5.69 Å². The minimum Gasteiger partial charge on any atom is -0.496 e. The van der Waals surface area contributed by atoms with Crippen LogP contribution in [0.15, 0.2) is 16.5 Å². The zero-order valence-electron chi connectivity index (χ0n) is 22.0. The molecule has 0 radical (unpaired) electrons. The molecule has 8 nitrogen and oxygen atoms in total. The molecular formula is C27H39N3O5. The maximum Gasteiger partial charge on any atom is 0.246 e. The number of methoxy groups -OCH3 is 3. The molecule has 0 atom stereocenters. The van der Waals surface area contributed by atoms with E-state index < -0.39 is 0 Å². The Kier molecular flexibility index (Phi) is 8.23.